The van der Waals surface area contributed by atoms with Gasteiger partial charge in [0.1, 0.15) is 5.58 Å². The Morgan fingerprint density at radius 1 is 1.39 bits per heavy atom. The van der Waals surface area contributed by atoms with Gasteiger partial charge in [-0.15, -0.1) is 0 Å². The zero-order valence-corrected chi connectivity index (χ0v) is 10.2. The first-order valence-corrected chi connectivity index (χ1v) is 6.24. The van der Waals surface area contributed by atoms with Crippen LogP contribution < -0.4 is 5.32 Å². The average Bonchev–Trinajstić information content (AvgIpc) is 2.84. The van der Waals surface area contributed by atoms with Crippen molar-refractivity contribution in [1.82, 2.24) is 5.32 Å². The van der Waals surface area contributed by atoms with Crippen LogP contribution in [-0.4, -0.2) is 13.1 Å². The van der Waals surface area contributed by atoms with Gasteiger partial charge in [0.05, 0.1) is 11.6 Å². The van der Waals surface area contributed by atoms with E-state index in [1.54, 1.807) is 0 Å². The highest BCUT2D eigenvalue weighted by molar-refractivity contribution is 5.81. The molecule has 2 atom stereocenters. The lowest BCUT2D eigenvalue weighted by atomic mass is 9.81. The van der Waals surface area contributed by atoms with Gasteiger partial charge >= 0.3 is 0 Å². The number of hydrogen-bond donors (Lipinski definition) is 1. The minimum absolute atomic E-state index is 0.218. The summed E-state index contributed by atoms with van der Waals surface area (Å²) in [5, 5.41) is 3.55. The lowest BCUT2D eigenvalue weighted by molar-refractivity contribution is 0.347. The van der Waals surface area contributed by atoms with Crippen molar-refractivity contribution < 1.29 is 13.2 Å². The highest BCUT2D eigenvalue weighted by Crippen LogP contribution is 2.36. The molecule has 0 bridgehead atoms. The summed E-state index contributed by atoms with van der Waals surface area (Å²) in [6.45, 7) is 3.91. The fourth-order valence-electron chi connectivity index (χ4n) is 2.85. The molecule has 1 fully saturated rings. The first-order chi connectivity index (χ1) is 8.68. The van der Waals surface area contributed by atoms with Gasteiger partial charge in [0.2, 0.25) is 0 Å². The Labute approximate surface area is 104 Å². The molecule has 1 aromatic heterocycles. The highest BCUT2D eigenvalue weighted by atomic mass is 19.2. The summed E-state index contributed by atoms with van der Waals surface area (Å²) in [5.41, 5.74) is 1.29. The van der Waals surface area contributed by atoms with Crippen molar-refractivity contribution in [1.29, 1.82) is 0 Å². The molecule has 96 valence electrons. The topological polar surface area (TPSA) is 25.2 Å². The van der Waals surface area contributed by atoms with Gasteiger partial charge in [0.25, 0.3) is 0 Å². The molecule has 1 saturated heterocycles. The van der Waals surface area contributed by atoms with E-state index >= 15 is 0 Å². The first kappa shape index (κ1) is 11.7. The molecule has 0 spiro atoms. The largest absolute Gasteiger partial charge is 0.464 e. The molecule has 4 heteroatoms. The quantitative estimate of drug-likeness (QED) is 0.840. The van der Waals surface area contributed by atoms with Gasteiger partial charge in [-0.2, -0.15) is 0 Å². The van der Waals surface area contributed by atoms with Crippen molar-refractivity contribution >= 4 is 11.0 Å². The summed E-state index contributed by atoms with van der Waals surface area (Å²) in [6.07, 6.45) is 2.34. The van der Waals surface area contributed by atoms with E-state index in [1.807, 2.05) is 0 Å². The fourth-order valence-corrected chi connectivity index (χ4v) is 2.85. The number of piperidine rings is 1. The maximum Gasteiger partial charge on any atom is 0.169 e. The van der Waals surface area contributed by atoms with E-state index in [0.29, 0.717) is 11.5 Å². The van der Waals surface area contributed by atoms with Crippen LogP contribution in [0.1, 0.15) is 24.8 Å². The standard InChI is InChI=1S/C14H15F2NO/c1-8-7-17-4-2-9(8)11-6-12(15)13(16)10-3-5-18-14(10)11/h3,5-6,8-9,17H,2,4,7H2,1H3/t8-,9-/m0/s1. The van der Waals surface area contributed by atoms with E-state index in [9.17, 15) is 8.78 Å². The lowest BCUT2D eigenvalue weighted by Gasteiger charge is -2.29. The van der Waals surface area contributed by atoms with Crippen molar-refractivity contribution in [2.24, 2.45) is 5.92 Å². The number of fused-ring (bicyclic) bond motifs is 1. The molecule has 1 aliphatic rings. The molecular formula is C14H15F2NO. The monoisotopic (exact) mass is 251 g/mol. The van der Waals surface area contributed by atoms with Gasteiger partial charge in [0, 0.05) is 5.56 Å². The van der Waals surface area contributed by atoms with Gasteiger partial charge in [-0.25, -0.2) is 8.78 Å². The third kappa shape index (κ3) is 1.72. The molecule has 2 nitrogen and oxygen atoms in total. The summed E-state index contributed by atoms with van der Waals surface area (Å²) in [7, 11) is 0. The van der Waals surface area contributed by atoms with Crippen LogP contribution in [0.2, 0.25) is 0 Å². The van der Waals surface area contributed by atoms with Crippen LogP contribution in [0.5, 0.6) is 0 Å². The van der Waals surface area contributed by atoms with Gasteiger partial charge < -0.3 is 9.73 Å². The van der Waals surface area contributed by atoms with Gasteiger partial charge in [-0.05, 0) is 43.5 Å². The Morgan fingerprint density at radius 3 is 3.00 bits per heavy atom. The normalized spacial score (nSPS) is 24.6. The fraction of sp³-hybridized carbons (Fsp3) is 0.429. The molecule has 2 aromatic rings. The maximum atomic E-state index is 13.6. The molecule has 1 aliphatic heterocycles. The van der Waals surface area contributed by atoms with Crippen LogP contribution in [0.4, 0.5) is 8.78 Å². The SMILES string of the molecule is C[C@H]1CNCC[C@@H]1c1cc(F)c(F)c2ccoc12. The Morgan fingerprint density at radius 2 is 2.22 bits per heavy atom. The molecule has 0 amide bonds. The third-order valence-corrected chi connectivity index (χ3v) is 3.84. The van der Waals surface area contributed by atoms with Crippen LogP contribution in [0, 0.1) is 17.6 Å². The van der Waals surface area contributed by atoms with E-state index in [2.05, 4.69) is 12.2 Å². The molecule has 3 rings (SSSR count). The Balaban J connectivity index is 2.16. The molecule has 0 saturated carbocycles. The minimum Gasteiger partial charge on any atom is -0.464 e. The number of benzene rings is 1. The number of nitrogens with one attached hydrogen (secondary N) is 1. The van der Waals surface area contributed by atoms with Crippen LogP contribution >= 0.6 is 0 Å². The number of rotatable bonds is 1. The molecule has 0 unspecified atom stereocenters. The second kappa shape index (κ2) is 4.35. The van der Waals surface area contributed by atoms with Crippen molar-refractivity contribution in [2.75, 3.05) is 13.1 Å². The van der Waals surface area contributed by atoms with Gasteiger partial charge in [0.15, 0.2) is 11.6 Å². The second-order valence-corrected chi connectivity index (χ2v) is 5.00. The van der Waals surface area contributed by atoms with Crippen LogP contribution in [-0.2, 0) is 0 Å². The second-order valence-electron chi connectivity index (χ2n) is 5.00. The van der Waals surface area contributed by atoms with Gasteiger partial charge in [-0.1, -0.05) is 6.92 Å². The molecule has 0 aliphatic carbocycles. The van der Waals surface area contributed by atoms with E-state index in [4.69, 9.17) is 4.42 Å². The molecular weight excluding hydrogens is 236 g/mol. The summed E-state index contributed by atoms with van der Waals surface area (Å²) in [5.74, 6) is -0.999. The number of hydrogen-bond acceptors (Lipinski definition) is 2. The zero-order valence-electron chi connectivity index (χ0n) is 10.2. The van der Waals surface area contributed by atoms with E-state index in [0.717, 1.165) is 25.1 Å². The average molecular weight is 251 g/mol. The molecule has 1 aromatic carbocycles. The molecule has 1 N–H and O–H groups in total. The van der Waals surface area contributed by atoms with Crippen molar-refractivity contribution in [2.45, 2.75) is 19.3 Å². The van der Waals surface area contributed by atoms with E-state index in [-0.39, 0.29) is 11.3 Å². The number of halogens is 2. The Kier molecular flexibility index (Phi) is 2.82. The third-order valence-electron chi connectivity index (χ3n) is 3.84. The minimum atomic E-state index is -0.816. The Bertz CT molecular complexity index is 578. The highest BCUT2D eigenvalue weighted by Gasteiger charge is 2.27. The summed E-state index contributed by atoms with van der Waals surface area (Å²) < 4.78 is 32.6. The molecule has 18 heavy (non-hydrogen) atoms. The smallest absolute Gasteiger partial charge is 0.169 e. The van der Waals surface area contributed by atoms with E-state index in [1.165, 1.54) is 18.4 Å². The first-order valence-electron chi connectivity index (χ1n) is 6.24. The summed E-state index contributed by atoms with van der Waals surface area (Å²) in [4.78, 5) is 0. The molecule has 2 heterocycles. The maximum absolute atomic E-state index is 13.6. The lowest BCUT2D eigenvalue weighted by Crippen LogP contribution is -2.33. The van der Waals surface area contributed by atoms with Crippen molar-refractivity contribution in [3.63, 3.8) is 0 Å². The van der Waals surface area contributed by atoms with Crippen molar-refractivity contribution in [3.8, 4) is 0 Å². The summed E-state index contributed by atoms with van der Waals surface area (Å²) >= 11 is 0. The predicted molar refractivity (Wildman–Crippen MR) is 65.5 cm³/mol. The van der Waals surface area contributed by atoms with E-state index < -0.39 is 11.6 Å². The summed E-state index contributed by atoms with van der Waals surface area (Å²) in [6, 6.07) is 2.79. The van der Waals surface area contributed by atoms with Crippen LogP contribution in [0.3, 0.4) is 0 Å². The van der Waals surface area contributed by atoms with Crippen LogP contribution in [0.25, 0.3) is 11.0 Å². The van der Waals surface area contributed by atoms with Crippen LogP contribution in [0.15, 0.2) is 22.8 Å². The van der Waals surface area contributed by atoms with Crippen molar-refractivity contribution in [3.05, 3.63) is 35.6 Å². The Hall–Kier alpha value is -1.42. The number of furan rings is 1. The predicted octanol–water partition coefficient (Wildman–Crippen LogP) is 3.42. The molecule has 0 radical (unpaired) electrons. The zero-order chi connectivity index (χ0) is 12.7. The van der Waals surface area contributed by atoms with Gasteiger partial charge in [-0.3, -0.25) is 0 Å².